The van der Waals surface area contributed by atoms with Crippen molar-refractivity contribution in [1.82, 2.24) is 4.47 Å². The number of amides is 1. The molecule has 0 spiro atoms. The van der Waals surface area contributed by atoms with Crippen LogP contribution in [0.15, 0.2) is 53.4 Å². The third-order valence-electron chi connectivity index (χ3n) is 4.25. The molecule has 156 valence electrons. The van der Waals surface area contributed by atoms with Crippen molar-refractivity contribution in [3.05, 3.63) is 59.7 Å². The van der Waals surface area contributed by atoms with E-state index in [1.54, 1.807) is 12.1 Å². The Bertz CT molecular complexity index is 973. The summed E-state index contributed by atoms with van der Waals surface area (Å²) in [5.41, 5.74) is 1.73. The number of hydrogen-bond acceptors (Lipinski definition) is 6. The first-order valence-corrected chi connectivity index (χ1v) is 10.4. The van der Waals surface area contributed by atoms with Crippen LogP contribution >= 0.6 is 0 Å². The van der Waals surface area contributed by atoms with E-state index in [0.29, 0.717) is 10.2 Å². The molecule has 8 nitrogen and oxygen atoms in total. The number of rotatable bonds is 8. The van der Waals surface area contributed by atoms with Gasteiger partial charge in [-0.15, -0.1) is 0 Å². The lowest BCUT2D eigenvalue weighted by molar-refractivity contribution is -0.123. The van der Waals surface area contributed by atoms with Crippen molar-refractivity contribution in [3.63, 3.8) is 0 Å². The van der Waals surface area contributed by atoms with E-state index in [9.17, 15) is 18.0 Å². The van der Waals surface area contributed by atoms with Gasteiger partial charge in [-0.2, -0.15) is 0 Å². The normalized spacial score (nSPS) is 12.4. The van der Waals surface area contributed by atoms with Gasteiger partial charge in [0, 0.05) is 12.7 Å². The zero-order chi connectivity index (χ0) is 21.6. The van der Waals surface area contributed by atoms with Gasteiger partial charge < -0.3 is 10.1 Å². The molecule has 9 heteroatoms. The second-order valence-corrected chi connectivity index (χ2v) is 8.15. The fraction of sp³-hybridized carbons (Fsp3) is 0.300. The molecule has 0 aliphatic heterocycles. The van der Waals surface area contributed by atoms with Gasteiger partial charge in [0.25, 0.3) is 15.9 Å². The van der Waals surface area contributed by atoms with Crippen LogP contribution in [0.25, 0.3) is 0 Å². The van der Waals surface area contributed by atoms with E-state index in [4.69, 9.17) is 9.57 Å². The number of ether oxygens (including phenoxy) is 1. The molecule has 0 radical (unpaired) electrons. The number of anilines is 1. The molecule has 0 heterocycles. The minimum Gasteiger partial charge on any atom is -0.449 e. The maximum Gasteiger partial charge on any atom is 0.338 e. The van der Waals surface area contributed by atoms with Gasteiger partial charge in [0.05, 0.1) is 17.6 Å². The van der Waals surface area contributed by atoms with Gasteiger partial charge in [-0.3, -0.25) is 9.63 Å². The number of aryl methyl sites for hydroxylation is 1. The van der Waals surface area contributed by atoms with Crippen LogP contribution in [0.4, 0.5) is 5.69 Å². The van der Waals surface area contributed by atoms with Crippen molar-refractivity contribution in [2.75, 3.05) is 19.5 Å². The number of carbonyl (C=O) groups is 2. The topological polar surface area (TPSA) is 102 Å². The van der Waals surface area contributed by atoms with Crippen molar-refractivity contribution in [3.8, 4) is 0 Å². The minimum atomic E-state index is -3.91. The molecule has 1 amide bonds. The largest absolute Gasteiger partial charge is 0.449 e. The Kier molecular flexibility index (Phi) is 7.49. The van der Waals surface area contributed by atoms with Crippen molar-refractivity contribution >= 4 is 27.6 Å². The van der Waals surface area contributed by atoms with Crippen LogP contribution in [-0.4, -0.2) is 45.0 Å². The molecule has 1 atom stereocenters. The van der Waals surface area contributed by atoms with E-state index < -0.39 is 28.0 Å². The Labute approximate surface area is 170 Å². The number of hydrogen-bond donors (Lipinski definition) is 1. The average Bonchev–Trinajstić information content (AvgIpc) is 2.73. The lowest BCUT2D eigenvalue weighted by Crippen LogP contribution is -2.30. The van der Waals surface area contributed by atoms with Crippen LogP contribution in [0.5, 0.6) is 0 Å². The van der Waals surface area contributed by atoms with E-state index in [1.807, 2.05) is 19.1 Å². The Morgan fingerprint density at radius 1 is 1.14 bits per heavy atom. The number of carbonyl (C=O) groups excluding carboxylic acids is 2. The Hall–Kier alpha value is -2.75. The van der Waals surface area contributed by atoms with Crippen molar-refractivity contribution in [1.29, 1.82) is 0 Å². The summed E-state index contributed by atoms with van der Waals surface area (Å²) in [5.74, 6) is -1.31. The average molecular weight is 420 g/mol. The van der Waals surface area contributed by atoms with E-state index >= 15 is 0 Å². The maximum atomic E-state index is 12.4. The lowest BCUT2D eigenvalue weighted by atomic mass is 10.1. The first-order chi connectivity index (χ1) is 13.7. The van der Waals surface area contributed by atoms with E-state index in [2.05, 4.69) is 5.32 Å². The van der Waals surface area contributed by atoms with Gasteiger partial charge in [0.15, 0.2) is 6.10 Å². The third-order valence-corrected chi connectivity index (χ3v) is 5.92. The molecule has 0 aliphatic carbocycles. The third kappa shape index (κ3) is 5.63. The van der Waals surface area contributed by atoms with Crippen molar-refractivity contribution in [2.45, 2.75) is 31.3 Å². The maximum absolute atomic E-state index is 12.4. The summed E-state index contributed by atoms with van der Waals surface area (Å²) >= 11 is 0. The van der Waals surface area contributed by atoms with E-state index in [0.717, 1.165) is 12.0 Å². The summed E-state index contributed by atoms with van der Waals surface area (Å²) in [6, 6.07) is 12.6. The Morgan fingerprint density at radius 3 is 2.38 bits per heavy atom. The molecular weight excluding hydrogens is 396 g/mol. The first kappa shape index (κ1) is 22.5. The molecule has 0 aromatic heterocycles. The molecule has 29 heavy (non-hydrogen) atoms. The fourth-order valence-corrected chi connectivity index (χ4v) is 3.40. The van der Waals surface area contributed by atoms with Gasteiger partial charge in [-0.05, 0) is 49.2 Å². The van der Waals surface area contributed by atoms with Crippen LogP contribution in [0, 0.1) is 0 Å². The van der Waals surface area contributed by atoms with Crippen LogP contribution in [0.2, 0.25) is 0 Å². The lowest BCUT2D eigenvalue weighted by Gasteiger charge is -2.16. The fourth-order valence-electron chi connectivity index (χ4n) is 2.38. The predicted octanol–water partition coefficient (Wildman–Crippen LogP) is 2.61. The number of sulfonamides is 1. The van der Waals surface area contributed by atoms with Crippen LogP contribution in [-0.2, 0) is 30.8 Å². The zero-order valence-electron chi connectivity index (χ0n) is 16.7. The molecule has 0 bridgehead atoms. The van der Waals surface area contributed by atoms with Crippen molar-refractivity contribution < 1.29 is 27.6 Å². The second-order valence-electron chi connectivity index (χ2n) is 6.21. The molecule has 2 rings (SSSR count). The highest BCUT2D eigenvalue weighted by Crippen LogP contribution is 2.17. The van der Waals surface area contributed by atoms with E-state index in [1.165, 1.54) is 45.3 Å². The Morgan fingerprint density at radius 2 is 1.79 bits per heavy atom. The highest BCUT2D eigenvalue weighted by atomic mass is 32.2. The first-order valence-electron chi connectivity index (χ1n) is 8.93. The molecule has 1 N–H and O–H groups in total. The molecule has 0 saturated carbocycles. The highest BCUT2D eigenvalue weighted by molar-refractivity contribution is 7.89. The summed E-state index contributed by atoms with van der Waals surface area (Å²) in [7, 11) is -1.46. The zero-order valence-corrected chi connectivity index (χ0v) is 17.5. The number of esters is 1. The number of hydroxylamine groups is 1. The quantitative estimate of drug-likeness (QED) is 0.520. The summed E-state index contributed by atoms with van der Waals surface area (Å²) in [6.45, 7) is 3.47. The number of nitrogens with zero attached hydrogens (tertiary/aromatic N) is 1. The second kappa shape index (κ2) is 9.64. The van der Waals surface area contributed by atoms with Crippen LogP contribution in [0.3, 0.4) is 0 Å². The predicted molar refractivity (Wildman–Crippen MR) is 108 cm³/mol. The number of benzene rings is 2. The van der Waals surface area contributed by atoms with Gasteiger partial charge in [-0.25, -0.2) is 13.2 Å². The van der Waals surface area contributed by atoms with Gasteiger partial charge in [0.1, 0.15) is 0 Å². The molecule has 2 aromatic rings. The Balaban J connectivity index is 2.07. The minimum absolute atomic E-state index is 0.00234. The van der Waals surface area contributed by atoms with Gasteiger partial charge >= 0.3 is 5.97 Å². The van der Waals surface area contributed by atoms with Crippen molar-refractivity contribution in [2.24, 2.45) is 0 Å². The molecule has 2 aromatic carbocycles. The van der Waals surface area contributed by atoms with E-state index in [-0.39, 0.29) is 10.5 Å². The highest BCUT2D eigenvalue weighted by Gasteiger charge is 2.24. The molecule has 0 aliphatic rings. The molecular formula is C20H24N2O6S. The van der Waals surface area contributed by atoms with Gasteiger partial charge in [0.2, 0.25) is 0 Å². The molecule has 0 saturated heterocycles. The summed E-state index contributed by atoms with van der Waals surface area (Å²) < 4.78 is 30.5. The van der Waals surface area contributed by atoms with Crippen LogP contribution in [0.1, 0.15) is 29.8 Å². The smallest absolute Gasteiger partial charge is 0.338 e. The standard InChI is InChI=1S/C20H24N2O6S/c1-5-15-9-11-17(12-10-15)21-19(23)14(2)28-20(24)16-7-6-8-18(13-16)29(25,26)22(3)27-4/h6-14H,5H2,1-4H3,(H,21,23)/t14-/m1/s1. The van der Waals surface area contributed by atoms with Gasteiger partial charge in [-0.1, -0.05) is 29.6 Å². The summed E-state index contributed by atoms with van der Waals surface area (Å²) in [6.07, 6.45) is -0.188. The summed E-state index contributed by atoms with van der Waals surface area (Å²) in [5, 5.41) is 2.67. The summed E-state index contributed by atoms with van der Waals surface area (Å²) in [4.78, 5) is 29.2. The molecule has 0 fully saturated rings. The monoisotopic (exact) mass is 420 g/mol. The number of nitrogens with one attached hydrogen (secondary N) is 1. The SMILES string of the molecule is CCc1ccc(NC(=O)[C@@H](C)OC(=O)c2cccc(S(=O)(=O)N(C)OC)c2)cc1. The molecule has 0 unspecified atom stereocenters. The van der Waals surface area contributed by atoms with Crippen LogP contribution < -0.4 is 5.32 Å².